The third-order valence-corrected chi connectivity index (χ3v) is 4.68. The van der Waals surface area contributed by atoms with E-state index in [2.05, 4.69) is 30.5 Å². The molecular weight excluding hydrogens is 328 g/mol. The van der Waals surface area contributed by atoms with Crippen LogP contribution in [0.15, 0.2) is 42.5 Å². The Hall–Kier alpha value is -2.69. The van der Waals surface area contributed by atoms with Crippen molar-refractivity contribution >= 4 is 17.3 Å². The highest BCUT2D eigenvalue weighted by molar-refractivity contribution is 5.97. The molecule has 26 heavy (non-hydrogen) atoms. The first-order valence-corrected chi connectivity index (χ1v) is 9.14. The van der Waals surface area contributed by atoms with Crippen molar-refractivity contribution in [2.75, 3.05) is 23.8 Å². The Balaban J connectivity index is 1.67. The van der Waals surface area contributed by atoms with Crippen molar-refractivity contribution in [1.29, 1.82) is 0 Å². The highest BCUT2D eigenvalue weighted by Crippen LogP contribution is 2.33. The number of anilines is 2. The lowest BCUT2D eigenvalue weighted by Crippen LogP contribution is -2.32. The molecule has 1 heterocycles. The summed E-state index contributed by atoms with van der Waals surface area (Å²) in [4.78, 5) is 12.6. The van der Waals surface area contributed by atoms with E-state index in [1.165, 1.54) is 0 Å². The molecule has 0 bridgehead atoms. The molecular formula is C21H26N2O3. The van der Waals surface area contributed by atoms with Crippen LogP contribution in [-0.4, -0.2) is 25.2 Å². The number of carbonyl (C=O) groups excluding carboxylic acids is 1. The second-order valence-electron chi connectivity index (χ2n) is 6.61. The van der Waals surface area contributed by atoms with Crippen LogP contribution in [0.25, 0.3) is 0 Å². The minimum Gasteiger partial charge on any atom is -0.486 e. The topological polar surface area (TPSA) is 59.6 Å². The van der Waals surface area contributed by atoms with E-state index in [1.807, 2.05) is 43.3 Å². The second kappa shape index (κ2) is 8.13. The van der Waals surface area contributed by atoms with Crippen LogP contribution in [0.3, 0.4) is 0 Å². The molecule has 2 atom stereocenters. The Morgan fingerprint density at radius 2 is 1.81 bits per heavy atom. The molecule has 0 aromatic heterocycles. The van der Waals surface area contributed by atoms with Gasteiger partial charge in [-0.2, -0.15) is 0 Å². The number of carbonyl (C=O) groups is 1. The lowest BCUT2D eigenvalue weighted by Gasteiger charge is -2.21. The summed E-state index contributed by atoms with van der Waals surface area (Å²) in [5.41, 5.74) is 2.87. The predicted octanol–water partition coefficient (Wildman–Crippen LogP) is 4.41. The van der Waals surface area contributed by atoms with Gasteiger partial charge in [-0.1, -0.05) is 32.0 Å². The number of benzene rings is 2. The zero-order valence-corrected chi connectivity index (χ0v) is 15.5. The fourth-order valence-electron chi connectivity index (χ4n) is 2.95. The monoisotopic (exact) mass is 354 g/mol. The molecule has 0 saturated carbocycles. The first-order valence-electron chi connectivity index (χ1n) is 9.14. The SMILES string of the molecule is CC[C@@H](C)c1ccccc1NC(=O)[C@@H](C)Nc1ccc2c(c1)OCCO2. The third kappa shape index (κ3) is 4.10. The fraction of sp³-hybridized carbons (Fsp3) is 0.381. The second-order valence-corrected chi connectivity index (χ2v) is 6.61. The molecule has 0 unspecified atom stereocenters. The maximum Gasteiger partial charge on any atom is 0.246 e. The van der Waals surface area contributed by atoms with Crippen molar-refractivity contribution in [2.45, 2.75) is 39.2 Å². The molecule has 2 aromatic carbocycles. The van der Waals surface area contributed by atoms with E-state index >= 15 is 0 Å². The number of rotatable bonds is 6. The third-order valence-electron chi connectivity index (χ3n) is 4.68. The first kappa shape index (κ1) is 18.1. The molecule has 1 aliphatic rings. The van der Waals surface area contributed by atoms with E-state index in [1.54, 1.807) is 0 Å². The summed E-state index contributed by atoms with van der Waals surface area (Å²) in [5, 5.41) is 6.28. The number of fused-ring (bicyclic) bond motifs is 1. The molecule has 0 radical (unpaired) electrons. The van der Waals surface area contributed by atoms with Crippen LogP contribution in [0.4, 0.5) is 11.4 Å². The van der Waals surface area contributed by atoms with Crippen molar-refractivity contribution in [3.05, 3.63) is 48.0 Å². The maximum absolute atomic E-state index is 12.6. The lowest BCUT2D eigenvalue weighted by atomic mass is 9.97. The normalized spacial score (nSPS) is 15.0. The number of amides is 1. The van der Waals surface area contributed by atoms with Crippen LogP contribution >= 0.6 is 0 Å². The van der Waals surface area contributed by atoms with Crippen molar-refractivity contribution in [3.63, 3.8) is 0 Å². The molecule has 5 heteroatoms. The van der Waals surface area contributed by atoms with E-state index in [4.69, 9.17) is 9.47 Å². The van der Waals surface area contributed by atoms with Gasteiger partial charge in [0, 0.05) is 17.4 Å². The maximum atomic E-state index is 12.6. The van der Waals surface area contributed by atoms with Gasteiger partial charge in [0.25, 0.3) is 0 Å². The van der Waals surface area contributed by atoms with Crippen LogP contribution in [0.1, 0.15) is 38.7 Å². The highest BCUT2D eigenvalue weighted by atomic mass is 16.6. The summed E-state index contributed by atoms with van der Waals surface area (Å²) in [5.74, 6) is 1.76. The fourth-order valence-corrected chi connectivity index (χ4v) is 2.95. The molecule has 0 fully saturated rings. The Labute approximate surface area is 154 Å². The van der Waals surface area contributed by atoms with Gasteiger partial charge in [-0.05, 0) is 43.0 Å². The minimum atomic E-state index is -0.387. The summed E-state index contributed by atoms with van der Waals surface area (Å²) >= 11 is 0. The van der Waals surface area contributed by atoms with Gasteiger partial charge >= 0.3 is 0 Å². The highest BCUT2D eigenvalue weighted by Gasteiger charge is 2.17. The quantitative estimate of drug-likeness (QED) is 0.807. The Morgan fingerprint density at radius 1 is 1.08 bits per heavy atom. The number of nitrogens with one attached hydrogen (secondary N) is 2. The molecule has 2 N–H and O–H groups in total. The van der Waals surface area contributed by atoms with E-state index < -0.39 is 0 Å². The van der Waals surface area contributed by atoms with Gasteiger partial charge in [0.1, 0.15) is 19.3 Å². The summed E-state index contributed by atoms with van der Waals surface area (Å²) < 4.78 is 11.1. The molecule has 5 nitrogen and oxygen atoms in total. The van der Waals surface area contributed by atoms with E-state index in [0.717, 1.165) is 29.1 Å². The Morgan fingerprint density at radius 3 is 2.58 bits per heavy atom. The van der Waals surface area contributed by atoms with Crippen LogP contribution in [0.2, 0.25) is 0 Å². The van der Waals surface area contributed by atoms with Crippen molar-refractivity contribution in [2.24, 2.45) is 0 Å². The van der Waals surface area contributed by atoms with Gasteiger partial charge in [-0.3, -0.25) is 4.79 Å². The van der Waals surface area contributed by atoms with Gasteiger partial charge in [0.05, 0.1) is 0 Å². The van der Waals surface area contributed by atoms with Crippen LogP contribution in [0.5, 0.6) is 11.5 Å². The predicted molar refractivity (Wildman–Crippen MR) is 104 cm³/mol. The van der Waals surface area contributed by atoms with Gasteiger partial charge in [-0.25, -0.2) is 0 Å². The van der Waals surface area contributed by atoms with Gasteiger partial charge in [0.15, 0.2) is 11.5 Å². The van der Waals surface area contributed by atoms with E-state index in [-0.39, 0.29) is 11.9 Å². The van der Waals surface area contributed by atoms with E-state index in [9.17, 15) is 4.79 Å². The van der Waals surface area contributed by atoms with Crippen LogP contribution in [-0.2, 0) is 4.79 Å². The van der Waals surface area contributed by atoms with Crippen molar-refractivity contribution in [1.82, 2.24) is 0 Å². The molecule has 0 aliphatic carbocycles. The molecule has 1 amide bonds. The van der Waals surface area contributed by atoms with Gasteiger partial charge < -0.3 is 20.1 Å². The number of para-hydroxylation sites is 1. The average molecular weight is 354 g/mol. The van der Waals surface area contributed by atoms with Crippen LogP contribution < -0.4 is 20.1 Å². The molecule has 0 saturated heterocycles. The van der Waals surface area contributed by atoms with Crippen LogP contribution in [0, 0.1) is 0 Å². The molecule has 3 rings (SSSR count). The number of hydrogen-bond acceptors (Lipinski definition) is 4. The number of ether oxygens (including phenoxy) is 2. The zero-order valence-electron chi connectivity index (χ0n) is 15.5. The molecule has 1 aliphatic heterocycles. The summed E-state index contributed by atoms with van der Waals surface area (Å²) in [6.45, 7) is 7.27. The van der Waals surface area contributed by atoms with E-state index in [0.29, 0.717) is 24.9 Å². The standard InChI is InChI=1S/C21H26N2O3/c1-4-14(2)17-7-5-6-8-18(17)23-21(24)15(3)22-16-9-10-19-20(13-16)26-12-11-25-19/h5-10,13-15,22H,4,11-12H2,1-3H3,(H,23,24)/t14-,15-/m1/s1. The van der Waals surface area contributed by atoms with Crippen molar-refractivity contribution < 1.29 is 14.3 Å². The summed E-state index contributed by atoms with van der Waals surface area (Å²) in [7, 11) is 0. The smallest absolute Gasteiger partial charge is 0.246 e. The Bertz CT molecular complexity index is 776. The minimum absolute atomic E-state index is 0.0735. The van der Waals surface area contributed by atoms with Crippen molar-refractivity contribution in [3.8, 4) is 11.5 Å². The number of hydrogen-bond donors (Lipinski definition) is 2. The first-order chi connectivity index (χ1) is 12.6. The zero-order chi connectivity index (χ0) is 18.5. The molecule has 0 spiro atoms. The summed E-state index contributed by atoms with van der Waals surface area (Å²) in [6.07, 6.45) is 1.03. The molecule has 138 valence electrons. The molecule has 2 aromatic rings. The summed E-state index contributed by atoms with van der Waals surface area (Å²) in [6, 6.07) is 13.2. The van der Waals surface area contributed by atoms with Gasteiger partial charge in [0.2, 0.25) is 5.91 Å². The Kier molecular flexibility index (Phi) is 5.66. The largest absolute Gasteiger partial charge is 0.486 e. The van der Waals surface area contributed by atoms with Gasteiger partial charge in [-0.15, -0.1) is 0 Å². The lowest BCUT2D eigenvalue weighted by molar-refractivity contribution is -0.116. The average Bonchev–Trinajstić information content (AvgIpc) is 2.67.